The second kappa shape index (κ2) is 11.4. The molecule has 174 valence electrons. The second-order valence-electron chi connectivity index (χ2n) is 7.86. The summed E-state index contributed by atoms with van der Waals surface area (Å²) in [5, 5.41) is 13.2. The van der Waals surface area contributed by atoms with Gasteiger partial charge in [0.25, 0.3) is 5.91 Å². The molecule has 2 saturated heterocycles. The van der Waals surface area contributed by atoms with Gasteiger partial charge in [0, 0.05) is 24.8 Å². The lowest BCUT2D eigenvalue weighted by atomic mass is 10.0. The zero-order valence-corrected chi connectivity index (χ0v) is 19.3. The van der Waals surface area contributed by atoms with Crippen molar-refractivity contribution in [2.45, 2.75) is 64.8 Å². The number of fused-ring (bicyclic) bond motifs is 1. The lowest BCUT2D eigenvalue weighted by molar-refractivity contribution is -0.132. The van der Waals surface area contributed by atoms with Gasteiger partial charge in [0.1, 0.15) is 11.9 Å². The van der Waals surface area contributed by atoms with Gasteiger partial charge in [0.2, 0.25) is 0 Å². The van der Waals surface area contributed by atoms with Crippen molar-refractivity contribution in [2.75, 3.05) is 30.0 Å². The average molecular weight is 442 g/mol. The van der Waals surface area contributed by atoms with E-state index in [2.05, 4.69) is 16.9 Å². The van der Waals surface area contributed by atoms with Crippen molar-refractivity contribution in [3.8, 4) is 0 Å². The van der Waals surface area contributed by atoms with Gasteiger partial charge in [-0.3, -0.25) is 4.79 Å². The molecule has 32 heavy (non-hydrogen) atoms. The summed E-state index contributed by atoms with van der Waals surface area (Å²) in [7, 11) is 0. The molecule has 3 atom stereocenters. The predicted octanol–water partition coefficient (Wildman–Crippen LogP) is 4.35. The van der Waals surface area contributed by atoms with Gasteiger partial charge in [-0.15, -0.1) is 0 Å². The Hall–Kier alpha value is -2.48. The monoisotopic (exact) mass is 441 g/mol. The number of aliphatic hydroxyl groups is 1. The molecule has 2 unspecified atom stereocenters. The fraction of sp³-hybridized carbons (Fsp3) is 0.520. The van der Waals surface area contributed by atoms with Gasteiger partial charge in [-0.25, -0.2) is 4.99 Å². The van der Waals surface area contributed by atoms with E-state index in [1.165, 1.54) is 0 Å². The van der Waals surface area contributed by atoms with Gasteiger partial charge in [-0.2, -0.15) is 0 Å². The van der Waals surface area contributed by atoms with Crippen molar-refractivity contribution in [1.29, 1.82) is 0 Å². The van der Waals surface area contributed by atoms with E-state index in [1.807, 2.05) is 39.0 Å². The van der Waals surface area contributed by atoms with E-state index >= 15 is 0 Å². The Bertz CT molecular complexity index is 874. The van der Waals surface area contributed by atoms with Crippen molar-refractivity contribution in [3.05, 3.63) is 47.8 Å². The zero-order valence-electron chi connectivity index (χ0n) is 19.3. The van der Waals surface area contributed by atoms with Crippen LogP contribution in [0, 0.1) is 0 Å². The van der Waals surface area contributed by atoms with Gasteiger partial charge in [0.15, 0.2) is 0 Å². The van der Waals surface area contributed by atoms with E-state index in [9.17, 15) is 9.90 Å². The number of nitrogens with zero attached hydrogens (tertiary/aromatic N) is 2. The maximum absolute atomic E-state index is 13.5. The minimum Gasteiger partial charge on any atom is -0.391 e. The quantitative estimate of drug-likeness (QED) is 0.679. The maximum atomic E-state index is 13.5. The van der Waals surface area contributed by atoms with Crippen molar-refractivity contribution < 1.29 is 19.4 Å². The molecule has 2 N–H and O–H groups in total. The van der Waals surface area contributed by atoms with E-state index in [-0.39, 0.29) is 12.0 Å². The number of carbonyl (C=O) groups is 1. The molecule has 0 aliphatic carbocycles. The van der Waals surface area contributed by atoms with Crippen LogP contribution >= 0.6 is 0 Å². The molecule has 0 bridgehead atoms. The van der Waals surface area contributed by atoms with Gasteiger partial charge in [-0.1, -0.05) is 32.6 Å². The highest BCUT2D eigenvalue weighted by molar-refractivity contribution is 6.01. The van der Waals surface area contributed by atoms with Crippen LogP contribution in [0.25, 0.3) is 0 Å². The van der Waals surface area contributed by atoms with Crippen molar-refractivity contribution >= 4 is 23.5 Å². The molecule has 0 spiro atoms. The molecule has 4 rings (SSSR count). The molecule has 1 aromatic carbocycles. The van der Waals surface area contributed by atoms with Crippen molar-refractivity contribution in [2.24, 2.45) is 4.99 Å². The minimum absolute atomic E-state index is 0.0525. The summed E-state index contributed by atoms with van der Waals surface area (Å²) < 4.78 is 11.5. The third kappa shape index (κ3) is 5.28. The molecule has 0 aromatic heterocycles. The summed E-state index contributed by atoms with van der Waals surface area (Å²) in [5.74, 6) is 0.622. The highest BCUT2D eigenvalue weighted by Gasteiger charge is 2.33. The van der Waals surface area contributed by atoms with Crippen LogP contribution in [0.5, 0.6) is 0 Å². The average Bonchev–Trinajstić information content (AvgIpc) is 3.21. The van der Waals surface area contributed by atoms with E-state index in [4.69, 9.17) is 9.47 Å². The fourth-order valence-corrected chi connectivity index (χ4v) is 4.17. The van der Waals surface area contributed by atoms with Crippen molar-refractivity contribution in [3.63, 3.8) is 0 Å². The molecule has 2 fully saturated rings. The van der Waals surface area contributed by atoms with E-state index in [0.29, 0.717) is 32.0 Å². The number of anilines is 2. The second-order valence-corrected chi connectivity index (χ2v) is 7.86. The topological polar surface area (TPSA) is 83.4 Å². The summed E-state index contributed by atoms with van der Waals surface area (Å²) in [6.45, 7) is 11.1. The van der Waals surface area contributed by atoms with E-state index < -0.39 is 12.2 Å². The molecule has 0 radical (unpaired) electrons. The number of benzene rings is 1. The number of carbonyl (C=O) groups excluding carboxylic acids is 1. The number of amides is 1. The largest absolute Gasteiger partial charge is 0.391 e. The number of aliphatic imine (C=N–C) groups is 1. The Morgan fingerprint density at radius 3 is 2.75 bits per heavy atom. The minimum atomic E-state index is -0.458. The summed E-state index contributed by atoms with van der Waals surface area (Å²) in [6, 6.07) is 5.89. The van der Waals surface area contributed by atoms with Gasteiger partial charge in [-0.05, 0) is 43.9 Å². The summed E-state index contributed by atoms with van der Waals surface area (Å²) >= 11 is 0. The molecular weight excluding hydrogens is 406 g/mol. The third-order valence-corrected chi connectivity index (χ3v) is 5.77. The molecule has 3 aliphatic rings. The van der Waals surface area contributed by atoms with Gasteiger partial charge < -0.3 is 24.8 Å². The SMILES string of the molecule is C=CC1=C(/N=C\C)Nc2ccc(C3CC(O)CO3)cc2N(C(=O)[C@H]2CCCCO2)C1.CC. The fourth-order valence-electron chi connectivity index (χ4n) is 4.17. The van der Waals surface area contributed by atoms with Gasteiger partial charge >= 0.3 is 0 Å². The smallest absolute Gasteiger partial charge is 0.256 e. The number of ether oxygens (including phenoxy) is 2. The lowest BCUT2D eigenvalue weighted by Crippen LogP contribution is -2.42. The van der Waals surface area contributed by atoms with Crippen LogP contribution in [0.15, 0.2) is 47.2 Å². The Labute approximate surface area is 190 Å². The molecule has 1 amide bonds. The Morgan fingerprint density at radius 2 is 2.12 bits per heavy atom. The highest BCUT2D eigenvalue weighted by Crippen LogP contribution is 2.38. The first-order valence-electron chi connectivity index (χ1n) is 11.6. The number of nitrogens with one attached hydrogen (secondary N) is 1. The van der Waals surface area contributed by atoms with Crippen LogP contribution in [0.3, 0.4) is 0 Å². The molecule has 3 heterocycles. The molecule has 0 saturated carbocycles. The summed E-state index contributed by atoms with van der Waals surface area (Å²) in [4.78, 5) is 19.7. The molecule has 7 heteroatoms. The predicted molar refractivity (Wildman–Crippen MR) is 128 cm³/mol. The number of rotatable bonds is 4. The Morgan fingerprint density at radius 1 is 1.31 bits per heavy atom. The lowest BCUT2D eigenvalue weighted by Gasteiger charge is -2.30. The number of hydrogen-bond acceptors (Lipinski definition) is 6. The first-order valence-corrected chi connectivity index (χ1v) is 11.6. The first kappa shape index (κ1) is 24.2. The molecule has 3 aliphatic heterocycles. The number of hydrogen-bond donors (Lipinski definition) is 2. The summed E-state index contributed by atoms with van der Waals surface area (Å²) in [6.07, 6.45) is 5.62. The van der Waals surface area contributed by atoms with Crippen LogP contribution in [-0.4, -0.2) is 49.2 Å². The standard InChI is InChI=1S/C23H29N3O4.C2H6/c1-3-15-13-26(23(28)20-7-5-6-10-29-20)19-11-16(21-12-17(27)14-30-21)8-9-18(19)25-22(15)24-4-2;1-2/h3-4,8-9,11,17,20-21,25,27H,1,5-7,10,12-14H2,2H3;1-2H3/b24-4-;/t17?,20-,21?;/m1./s1. The maximum Gasteiger partial charge on any atom is 0.256 e. The van der Waals surface area contributed by atoms with Crippen LogP contribution in [-0.2, 0) is 14.3 Å². The molecule has 7 nitrogen and oxygen atoms in total. The van der Waals surface area contributed by atoms with Crippen LogP contribution < -0.4 is 10.2 Å². The van der Waals surface area contributed by atoms with Gasteiger partial charge in [0.05, 0.1) is 36.7 Å². The Balaban J connectivity index is 0.00000141. The summed E-state index contributed by atoms with van der Waals surface area (Å²) in [5.41, 5.74) is 3.33. The molecular formula is C25H35N3O4. The van der Waals surface area contributed by atoms with E-state index in [0.717, 1.165) is 41.8 Å². The van der Waals surface area contributed by atoms with Crippen LogP contribution in [0.1, 0.15) is 58.1 Å². The third-order valence-electron chi connectivity index (χ3n) is 5.77. The highest BCUT2D eigenvalue weighted by atomic mass is 16.5. The number of aliphatic hydroxyl groups excluding tert-OH is 1. The van der Waals surface area contributed by atoms with E-state index in [1.54, 1.807) is 17.2 Å². The zero-order chi connectivity index (χ0) is 23.1. The van der Waals surface area contributed by atoms with Crippen molar-refractivity contribution in [1.82, 2.24) is 0 Å². The molecule has 1 aromatic rings. The normalized spacial score (nSPS) is 25.5. The van der Waals surface area contributed by atoms with Crippen LogP contribution in [0.2, 0.25) is 0 Å². The van der Waals surface area contributed by atoms with Crippen LogP contribution in [0.4, 0.5) is 11.4 Å². The Kier molecular flexibility index (Phi) is 8.61. The first-order chi connectivity index (χ1) is 15.6.